The lowest BCUT2D eigenvalue weighted by atomic mass is 9.94. The van der Waals surface area contributed by atoms with Crippen molar-refractivity contribution in [1.82, 2.24) is 29.8 Å². The van der Waals surface area contributed by atoms with Crippen molar-refractivity contribution in [2.45, 2.75) is 76.8 Å². The van der Waals surface area contributed by atoms with Gasteiger partial charge in [-0.3, -0.25) is 14.5 Å². The number of hydrogen-bond acceptors (Lipinski definition) is 8. The number of aromatic nitrogens is 3. The molecule has 39 heavy (non-hydrogen) atoms. The van der Waals surface area contributed by atoms with Crippen LogP contribution in [0.2, 0.25) is 0 Å². The Bertz CT molecular complexity index is 1190. The zero-order valence-corrected chi connectivity index (χ0v) is 24.4. The van der Waals surface area contributed by atoms with E-state index >= 15 is 0 Å². The normalized spacial score (nSPS) is 16.8. The van der Waals surface area contributed by atoms with E-state index in [9.17, 15) is 9.59 Å². The topological polar surface area (TPSA) is 95.7 Å². The lowest BCUT2D eigenvalue weighted by molar-refractivity contribution is -0.133. The SMILES string of the molecule is CN(C(=O)CCc1nc(CN2CCN(C(=O)CCCc3nc4ccccc4s3)CC2)no1)C1CCCCC1.Cl. The maximum Gasteiger partial charge on any atom is 0.227 e. The van der Waals surface area contributed by atoms with Crippen molar-refractivity contribution >= 4 is 45.8 Å². The van der Waals surface area contributed by atoms with Gasteiger partial charge < -0.3 is 14.3 Å². The second kappa shape index (κ2) is 14.2. The number of benzene rings is 1. The molecule has 1 aliphatic heterocycles. The Morgan fingerprint density at radius 3 is 2.56 bits per heavy atom. The predicted molar refractivity (Wildman–Crippen MR) is 154 cm³/mol. The molecule has 9 nitrogen and oxygen atoms in total. The molecule has 0 radical (unpaired) electrons. The fourth-order valence-corrected chi connectivity index (χ4v) is 6.46. The number of aryl methyl sites for hydroxylation is 2. The van der Waals surface area contributed by atoms with Gasteiger partial charge in [0.15, 0.2) is 5.82 Å². The molecule has 0 N–H and O–H groups in total. The summed E-state index contributed by atoms with van der Waals surface area (Å²) in [5, 5.41) is 5.22. The summed E-state index contributed by atoms with van der Waals surface area (Å²) in [7, 11) is 1.92. The van der Waals surface area contributed by atoms with E-state index in [-0.39, 0.29) is 24.2 Å². The molecule has 2 amide bonds. The molecule has 1 saturated heterocycles. The first-order chi connectivity index (χ1) is 18.5. The number of carbonyl (C=O) groups excluding carboxylic acids is 2. The molecule has 212 valence electrons. The fourth-order valence-electron chi connectivity index (χ4n) is 5.45. The van der Waals surface area contributed by atoms with Crippen LogP contribution in [0.15, 0.2) is 28.8 Å². The second-order valence-electron chi connectivity index (χ2n) is 10.5. The molecular weight excluding hydrogens is 536 g/mol. The van der Waals surface area contributed by atoms with Crippen LogP contribution in [0.5, 0.6) is 0 Å². The van der Waals surface area contributed by atoms with E-state index in [0.717, 1.165) is 49.3 Å². The Balaban J connectivity index is 0.00000353. The van der Waals surface area contributed by atoms with Crippen molar-refractivity contribution in [3.8, 4) is 0 Å². The Morgan fingerprint density at radius 2 is 1.79 bits per heavy atom. The van der Waals surface area contributed by atoms with Crippen LogP contribution >= 0.6 is 23.7 Å². The molecule has 1 aliphatic carbocycles. The molecule has 0 unspecified atom stereocenters. The Hall–Kier alpha value is -2.56. The van der Waals surface area contributed by atoms with E-state index in [1.807, 2.05) is 35.0 Å². The third-order valence-corrected chi connectivity index (χ3v) is 8.88. The summed E-state index contributed by atoms with van der Waals surface area (Å²) >= 11 is 1.72. The van der Waals surface area contributed by atoms with Gasteiger partial charge in [-0.2, -0.15) is 4.98 Å². The number of thiazole rings is 1. The third kappa shape index (κ3) is 7.99. The van der Waals surface area contributed by atoms with Gasteiger partial charge >= 0.3 is 0 Å². The van der Waals surface area contributed by atoms with Gasteiger partial charge in [-0.25, -0.2) is 4.98 Å². The number of carbonyl (C=O) groups is 2. The summed E-state index contributed by atoms with van der Waals surface area (Å²) in [6, 6.07) is 8.54. The highest BCUT2D eigenvalue weighted by Gasteiger charge is 2.24. The first kappa shape index (κ1) is 29.4. The second-order valence-corrected chi connectivity index (χ2v) is 11.6. The van der Waals surface area contributed by atoms with Crippen molar-refractivity contribution < 1.29 is 14.1 Å². The van der Waals surface area contributed by atoms with E-state index in [1.165, 1.54) is 24.0 Å². The summed E-state index contributed by atoms with van der Waals surface area (Å²) < 4.78 is 6.62. The molecule has 3 aromatic rings. The number of nitrogens with zero attached hydrogens (tertiary/aromatic N) is 6. The predicted octanol–water partition coefficient (Wildman–Crippen LogP) is 4.49. The number of halogens is 1. The molecule has 2 fully saturated rings. The number of rotatable bonds is 10. The van der Waals surface area contributed by atoms with Crippen molar-refractivity contribution in [2.75, 3.05) is 33.2 Å². The van der Waals surface area contributed by atoms with Crippen LogP contribution in [0, 0.1) is 0 Å². The smallest absolute Gasteiger partial charge is 0.227 e. The third-order valence-electron chi connectivity index (χ3n) is 7.79. The van der Waals surface area contributed by atoms with Crippen molar-refractivity contribution in [1.29, 1.82) is 0 Å². The molecule has 5 rings (SSSR count). The number of amides is 2. The minimum Gasteiger partial charge on any atom is -0.343 e. The number of hydrogen-bond donors (Lipinski definition) is 0. The van der Waals surface area contributed by atoms with Crippen molar-refractivity contribution in [3.05, 3.63) is 41.0 Å². The monoisotopic (exact) mass is 574 g/mol. The highest BCUT2D eigenvalue weighted by Crippen LogP contribution is 2.24. The maximum atomic E-state index is 12.7. The Labute approximate surface area is 240 Å². The molecule has 11 heteroatoms. The van der Waals surface area contributed by atoms with Crippen LogP contribution in [0.3, 0.4) is 0 Å². The first-order valence-corrected chi connectivity index (χ1v) is 14.8. The average molecular weight is 575 g/mol. The molecule has 0 spiro atoms. The molecule has 0 bridgehead atoms. The summed E-state index contributed by atoms with van der Waals surface area (Å²) in [5.41, 5.74) is 1.04. The summed E-state index contributed by atoms with van der Waals surface area (Å²) in [4.78, 5) is 40.6. The van der Waals surface area contributed by atoms with Crippen LogP contribution < -0.4 is 0 Å². The van der Waals surface area contributed by atoms with Gasteiger partial charge in [-0.15, -0.1) is 23.7 Å². The lowest BCUT2D eigenvalue weighted by Gasteiger charge is -2.34. The lowest BCUT2D eigenvalue weighted by Crippen LogP contribution is -2.48. The van der Waals surface area contributed by atoms with Gasteiger partial charge in [0.1, 0.15) is 0 Å². The van der Waals surface area contributed by atoms with Gasteiger partial charge in [-0.05, 0) is 37.8 Å². The molecule has 2 aliphatic rings. The zero-order valence-electron chi connectivity index (χ0n) is 22.7. The molecule has 1 aromatic carbocycles. The minimum absolute atomic E-state index is 0. The number of fused-ring (bicyclic) bond motifs is 1. The molecular formula is C28H39ClN6O3S. The van der Waals surface area contributed by atoms with E-state index in [2.05, 4.69) is 26.1 Å². The standard InChI is InChI=1S/C28H38N6O3S.ClH/c1-32(21-8-3-2-4-9-21)27(35)15-14-25-30-24(31-37-25)20-33-16-18-34(19-17-33)28(36)13-7-12-26-29-22-10-5-6-11-23(22)38-26;/h5-6,10-11,21H,2-4,7-9,12-20H2,1H3;1H. The van der Waals surface area contributed by atoms with Crippen molar-refractivity contribution in [3.63, 3.8) is 0 Å². The largest absolute Gasteiger partial charge is 0.343 e. The van der Waals surface area contributed by atoms with E-state index in [1.54, 1.807) is 11.3 Å². The minimum atomic E-state index is 0. The molecule has 0 atom stereocenters. The van der Waals surface area contributed by atoms with E-state index in [0.29, 0.717) is 56.7 Å². The zero-order chi connectivity index (χ0) is 26.3. The van der Waals surface area contributed by atoms with Crippen LogP contribution in [-0.4, -0.2) is 80.9 Å². The Morgan fingerprint density at radius 1 is 1.03 bits per heavy atom. The van der Waals surface area contributed by atoms with Gasteiger partial charge in [0.2, 0.25) is 17.7 Å². The highest BCUT2D eigenvalue weighted by atomic mass is 35.5. The summed E-state index contributed by atoms with van der Waals surface area (Å²) in [5.74, 6) is 1.53. The number of piperazine rings is 1. The van der Waals surface area contributed by atoms with Crippen LogP contribution in [0.25, 0.3) is 10.2 Å². The average Bonchev–Trinajstić information content (AvgIpc) is 3.58. The fraction of sp³-hybridized carbons (Fsp3) is 0.607. The van der Waals surface area contributed by atoms with E-state index < -0.39 is 0 Å². The van der Waals surface area contributed by atoms with Crippen LogP contribution in [0.4, 0.5) is 0 Å². The highest BCUT2D eigenvalue weighted by molar-refractivity contribution is 7.18. The Kier molecular flexibility index (Phi) is 10.7. The van der Waals surface area contributed by atoms with Crippen molar-refractivity contribution in [2.24, 2.45) is 0 Å². The van der Waals surface area contributed by atoms with Crippen LogP contribution in [0.1, 0.15) is 68.1 Å². The molecule has 3 heterocycles. The van der Waals surface area contributed by atoms with Gasteiger partial charge in [0.25, 0.3) is 0 Å². The number of para-hydroxylation sites is 1. The van der Waals surface area contributed by atoms with Gasteiger partial charge in [-0.1, -0.05) is 36.6 Å². The first-order valence-electron chi connectivity index (χ1n) is 14.0. The molecule has 1 saturated carbocycles. The maximum absolute atomic E-state index is 12.7. The van der Waals surface area contributed by atoms with Gasteiger partial charge in [0, 0.05) is 58.5 Å². The molecule has 2 aromatic heterocycles. The van der Waals surface area contributed by atoms with Gasteiger partial charge in [0.05, 0.1) is 21.8 Å². The summed E-state index contributed by atoms with van der Waals surface area (Å²) in [6.07, 6.45) is 9.00. The van der Waals surface area contributed by atoms with Crippen LogP contribution in [-0.2, 0) is 29.0 Å². The quantitative estimate of drug-likeness (QED) is 0.352. The summed E-state index contributed by atoms with van der Waals surface area (Å²) in [6.45, 7) is 3.61. The van der Waals surface area contributed by atoms with E-state index in [4.69, 9.17) is 4.52 Å².